The van der Waals surface area contributed by atoms with Crippen LogP contribution in [0.25, 0.3) is 0 Å². The molecule has 0 aliphatic rings. The molecule has 0 bridgehead atoms. The Morgan fingerprint density at radius 2 is 2.09 bits per heavy atom. The number of carbonyl (C=O) groups is 2. The highest BCUT2D eigenvalue weighted by Gasteiger charge is 2.09. The van der Waals surface area contributed by atoms with Gasteiger partial charge in [-0.25, -0.2) is 0 Å². The van der Waals surface area contributed by atoms with Gasteiger partial charge >= 0.3 is 5.97 Å². The highest BCUT2D eigenvalue weighted by Crippen LogP contribution is 2.05. The molecule has 0 amide bonds. The van der Waals surface area contributed by atoms with E-state index in [0.717, 1.165) is 11.8 Å². The summed E-state index contributed by atoms with van der Waals surface area (Å²) in [5, 5.41) is 0.0405. The fourth-order valence-electron chi connectivity index (χ4n) is 0.643. The molecule has 4 heteroatoms. The maximum absolute atomic E-state index is 10.8. The molecule has 0 heterocycles. The number of carbonyl (C=O) groups excluding carboxylic acids is 2. The Labute approximate surface area is 70.5 Å². The summed E-state index contributed by atoms with van der Waals surface area (Å²) in [4.78, 5) is 21.2. The second kappa shape index (κ2) is 5.18. The third kappa shape index (κ3) is 5.91. The maximum atomic E-state index is 10.8. The molecule has 0 aromatic rings. The lowest BCUT2D eigenvalue weighted by Gasteiger charge is -2.08. The smallest absolute Gasteiger partial charge is 0.302 e. The monoisotopic (exact) mass is 176 g/mol. The van der Waals surface area contributed by atoms with Crippen LogP contribution in [0.4, 0.5) is 0 Å². The van der Waals surface area contributed by atoms with Crippen LogP contribution in [0.5, 0.6) is 0 Å². The Morgan fingerprint density at radius 3 is 2.45 bits per heavy atom. The molecule has 0 spiro atoms. The van der Waals surface area contributed by atoms with Crippen LogP contribution in [-0.4, -0.2) is 23.4 Å². The van der Waals surface area contributed by atoms with E-state index >= 15 is 0 Å². The van der Waals surface area contributed by atoms with E-state index in [-0.39, 0.29) is 17.2 Å². The van der Waals surface area contributed by atoms with Crippen LogP contribution < -0.4 is 0 Å². The fraction of sp³-hybridized carbons (Fsp3) is 0.714. The highest BCUT2D eigenvalue weighted by molar-refractivity contribution is 8.13. The van der Waals surface area contributed by atoms with Gasteiger partial charge in [-0.15, -0.1) is 0 Å². The van der Waals surface area contributed by atoms with E-state index in [1.807, 2.05) is 0 Å². The zero-order valence-electron chi connectivity index (χ0n) is 6.92. The molecule has 0 saturated heterocycles. The summed E-state index contributed by atoms with van der Waals surface area (Å²) in [7, 11) is 0. The number of thioether (sulfide) groups is 1. The maximum Gasteiger partial charge on any atom is 0.302 e. The molecule has 0 aromatic carbocycles. The minimum Gasteiger partial charge on any atom is -0.462 e. The molecule has 0 aromatic heterocycles. The second-order valence-corrected chi connectivity index (χ2v) is 3.06. The van der Waals surface area contributed by atoms with E-state index in [9.17, 15) is 9.59 Å². The van der Waals surface area contributed by atoms with Crippen molar-refractivity contribution in [3.63, 3.8) is 0 Å². The van der Waals surface area contributed by atoms with Crippen molar-refractivity contribution >= 4 is 22.8 Å². The second-order valence-electron chi connectivity index (χ2n) is 2.20. The summed E-state index contributed by atoms with van der Waals surface area (Å²) in [5.74, 6) is -0.341. The van der Waals surface area contributed by atoms with Gasteiger partial charge in [0.2, 0.25) is 0 Å². The first-order valence-electron chi connectivity index (χ1n) is 3.30. The van der Waals surface area contributed by atoms with E-state index in [1.54, 1.807) is 13.2 Å². The molecular weight excluding hydrogens is 164 g/mol. The zero-order chi connectivity index (χ0) is 8.85. The number of ether oxygens (including phenoxy) is 1. The fourth-order valence-corrected chi connectivity index (χ4v) is 1.04. The molecule has 11 heavy (non-hydrogen) atoms. The Bertz CT molecular complexity index is 156. The minimum atomic E-state index is -0.341. The van der Waals surface area contributed by atoms with E-state index < -0.39 is 0 Å². The molecule has 0 saturated carbocycles. The lowest BCUT2D eigenvalue weighted by atomic mass is 10.3. The molecule has 0 rings (SSSR count). The van der Waals surface area contributed by atoms with E-state index in [0.29, 0.717) is 6.42 Å². The standard InChI is InChI=1S/C7H12O3S/c1-5(10-6(2)8)4-7(9)11-3/h5H,4H2,1-3H3/t5-/m1/s1. The van der Waals surface area contributed by atoms with Gasteiger partial charge in [-0.1, -0.05) is 11.8 Å². The van der Waals surface area contributed by atoms with Crippen LogP contribution in [0.15, 0.2) is 0 Å². The van der Waals surface area contributed by atoms with E-state index in [4.69, 9.17) is 4.74 Å². The average molecular weight is 176 g/mol. The quantitative estimate of drug-likeness (QED) is 0.606. The normalized spacial score (nSPS) is 12.3. The topological polar surface area (TPSA) is 43.4 Å². The first kappa shape index (κ1) is 10.5. The van der Waals surface area contributed by atoms with Crippen molar-refractivity contribution in [3.05, 3.63) is 0 Å². The Kier molecular flexibility index (Phi) is 4.94. The third-order valence-corrected chi connectivity index (χ3v) is 1.67. The first-order chi connectivity index (χ1) is 5.06. The number of hydrogen-bond donors (Lipinski definition) is 0. The highest BCUT2D eigenvalue weighted by atomic mass is 32.2. The number of esters is 1. The summed E-state index contributed by atoms with van der Waals surface area (Å²) in [6.45, 7) is 3.04. The van der Waals surface area contributed by atoms with Crippen LogP contribution in [0.2, 0.25) is 0 Å². The van der Waals surface area contributed by atoms with Crippen molar-refractivity contribution in [1.82, 2.24) is 0 Å². The predicted octanol–water partition coefficient (Wildman–Crippen LogP) is 1.22. The van der Waals surface area contributed by atoms with Crippen LogP contribution in [-0.2, 0) is 14.3 Å². The molecule has 0 aliphatic carbocycles. The van der Waals surface area contributed by atoms with Crippen molar-refractivity contribution in [2.75, 3.05) is 6.26 Å². The molecule has 1 atom stereocenters. The molecular formula is C7H12O3S. The van der Waals surface area contributed by atoms with Crippen LogP contribution >= 0.6 is 11.8 Å². The van der Waals surface area contributed by atoms with Gasteiger partial charge in [-0.05, 0) is 13.2 Å². The van der Waals surface area contributed by atoms with Gasteiger partial charge < -0.3 is 4.74 Å². The average Bonchev–Trinajstić information content (AvgIpc) is 1.85. The summed E-state index contributed by atoms with van der Waals surface area (Å²) in [6, 6.07) is 0. The van der Waals surface area contributed by atoms with Gasteiger partial charge in [-0.3, -0.25) is 9.59 Å². The molecule has 0 fully saturated rings. The van der Waals surface area contributed by atoms with Gasteiger partial charge in [0.05, 0.1) is 6.42 Å². The van der Waals surface area contributed by atoms with Crippen LogP contribution in [0.1, 0.15) is 20.3 Å². The van der Waals surface area contributed by atoms with Crippen molar-refractivity contribution < 1.29 is 14.3 Å². The van der Waals surface area contributed by atoms with Crippen molar-refractivity contribution in [2.45, 2.75) is 26.4 Å². The van der Waals surface area contributed by atoms with E-state index in [2.05, 4.69) is 0 Å². The van der Waals surface area contributed by atoms with Gasteiger partial charge in [0, 0.05) is 6.92 Å². The molecule has 0 unspecified atom stereocenters. The van der Waals surface area contributed by atoms with Crippen molar-refractivity contribution in [3.8, 4) is 0 Å². The number of hydrogen-bond acceptors (Lipinski definition) is 4. The van der Waals surface area contributed by atoms with Gasteiger partial charge in [0.15, 0.2) is 5.12 Å². The SMILES string of the molecule is CSC(=O)C[C@@H](C)OC(C)=O. The van der Waals surface area contributed by atoms with Gasteiger partial charge in [0.25, 0.3) is 0 Å². The molecule has 0 radical (unpaired) electrons. The Morgan fingerprint density at radius 1 is 1.55 bits per heavy atom. The van der Waals surface area contributed by atoms with Gasteiger partial charge in [-0.2, -0.15) is 0 Å². The molecule has 64 valence electrons. The lowest BCUT2D eigenvalue weighted by Crippen LogP contribution is -2.15. The number of rotatable bonds is 3. The van der Waals surface area contributed by atoms with Gasteiger partial charge in [0.1, 0.15) is 6.10 Å². The first-order valence-corrected chi connectivity index (χ1v) is 4.52. The lowest BCUT2D eigenvalue weighted by molar-refractivity contribution is -0.146. The third-order valence-electron chi connectivity index (χ3n) is 1.05. The summed E-state index contributed by atoms with van der Waals surface area (Å²) < 4.78 is 4.75. The van der Waals surface area contributed by atoms with E-state index in [1.165, 1.54) is 6.92 Å². The Hall–Kier alpha value is -0.510. The Balaban J connectivity index is 3.60. The molecule has 0 N–H and O–H groups in total. The van der Waals surface area contributed by atoms with Crippen molar-refractivity contribution in [2.24, 2.45) is 0 Å². The predicted molar refractivity (Wildman–Crippen MR) is 44.4 cm³/mol. The van der Waals surface area contributed by atoms with Crippen LogP contribution in [0.3, 0.4) is 0 Å². The largest absolute Gasteiger partial charge is 0.462 e. The molecule has 3 nitrogen and oxygen atoms in total. The summed E-state index contributed by atoms with van der Waals surface area (Å²) >= 11 is 1.15. The zero-order valence-corrected chi connectivity index (χ0v) is 7.73. The summed E-state index contributed by atoms with van der Waals surface area (Å²) in [5.41, 5.74) is 0. The van der Waals surface area contributed by atoms with Crippen LogP contribution in [0, 0.1) is 0 Å². The molecule has 0 aliphatic heterocycles. The minimum absolute atomic E-state index is 0.0405. The van der Waals surface area contributed by atoms with Crippen molar-refractivity contribution in [1.29, 1.82) is 0 Å². The summed E-state index contributed by atoms with van der Waals surface area (Å²) in [6.07, 6.45) is 1.70.